The number of aromatic carboxylic acids is 1. The molecule has 36 heavy (non-hydrogen) atoms. The molecule has 182 valence electrons. The predicted molar refractivity (Wildman–Crippen MR) is 136 cm³/mol. The van der Waals surface area contributed by atoms with E-state index in [-0.39, 0.29) is 21.7 Å². The third kappa shape index (κ3) is 6.28. The first-order valence-corrected chi connectivity index (χ1v) is 12.3. The molecule has 9 heteroatoms. The molecule has 0 atom stereocenters. The Morgan fingerprint density at radius 2 is 1.44 bits per heavy atom. The van der Waals surface area contributed by atoms with E-state index in [0.29, 0.717) is 18.0 Å². The van der Waals surface area contributed by atoms with Crippen molar-refractivity contribution < 1.29 is 27.9 Å². The zero-order valence-electron chi connectivity index (χ0n) is 18.9. The quantitative estimate of drug-likeness (QED) is 0.296. The lowest BCUT2D eigenvalue weighted by atomic mass is 10.2. The third-order valence-electron chi connectivity index (χ3n) is 5.11. The maximum absolute atomic E-state index is 13.0. The van der Waals surface area contributed by atoms with Crippen molar-refractivity contribution in [3.05, 3.63) is 120 Å². The molecule has 0 fully saturated rings. The van der Waals surface area contributed by atoms with Crippen molar-refractivity contribution in [3.8, 4) is 5.75 Å². The first kappa shape index (κ1) is 24.5. The summed E-state index contributed by atoms with van der Waals surface area (Å²) in [5.74, 6) is -1.21. The van der Waals surface area contributed by atoms with E-state index >= 15 is 0 Å². The zero-order valence-corrected chi connectivity index (χ0v) is 19.7. The minimum absolute atomic E-state index is 0.0170. The zero-order chi connectivity index (χ0) is 25.5. The van der Waals surface area contributed by atoms with Crippen molar-refractivity contribution in [3.63, 3.8) is 0 Å². The number of carbonyl (C=O) groups excluding carboxylic acids is 1. The summed E-state index contributed by atoms with van der Waals surface area (Å²) in [4.78, 5) is 23.7. The maximum Gasteiger partial charge on any atom is 0.335 e. The summed E-state index contributed by atoms with van der Waals surface area (Å²) >= 11 is 0. The van der Waals surface area contributed by atoms with Gasteiger partial charge in [0.05, 0.1) is 16.1 Å². The molecule has 0 saturated heterocycles. The molecular formula is C27H22N2O6S. The van der Waals surface area contributed by atoms with Gasteiger partial charge in [-0.15, -0.1) is 0 Å². The summed E-state index contributed by atoms with van der Waals surface area (Å²) in [6, 6.07) is 27.5. The molecule has 4 aromatic carbocycles. The molecule has 0 unspecified atom stereocenters. The highest BCUT2D eigenvalue weighted by Gasteiger charge is 2.17. The number of rotatable bonds is 9. The molecule has 0 aliphatic heterocycles. The third-order valence-corrected chi connectivity index (χ3v) is 6.49. The Balaban J connectivity index is 1.46. The number of hydrogen-bond acceptors (Lipinski definition) is 5. The Morgan fingerprint density at radius 3 is 2.22 bits per heavy atom. The lowest BCUT2D eigenvalue weighted by Gasteiger charge is -2.12. The lowest BCUT2D eigenvalue weighted by molar-refractivity contribution is 0.0696. The van der Waals surface area contributed by atoms with E-state index in [1.165, 1.54) is 42.5 Å². The summed E-state index contributed by atoms with van der Waals surface area (Å²) in [6.45, 7) is 0.337. The fraction of sp³-hybridized carbons (Fsp3) is 0.0370. The van der Waals surface area contributed by atoms with Gasteiger partial charge in [0.2, 0.25) is 0 Å². The summed E-state index contributed by atoms with van der Waals surface area (Å²) in [6.07, 6.45) is 0. The van der Waals surface area contributed by atoms with Crippen LogP contribution < -0.4 is 14.8 Å². The summed E-state index contributed by atoms with van der Waals surface area (Å²) in [5.41, 5.74) is 1.68. The molecule has 0 aliphatic carbocycles. The molecule has 0 aromatic heterocycles. The normalized spacial score (nSPS) is 10.9. The number of ether oxygens (including phenoxy) is 1. The fourth-order valence-electron chi connectivity index (χ4n) is 3.34. The Kier molecular flexibility index (Phi) is 7.31. The molecule has 4 rings (SSSR count). The molecule has 0 aliphatic rings. The van der Waals surface area contributed by atoms with Crippen LogP contribution in [0.1, 0.15) is 26.3 Å². The molecule has 0 heterocycles. The van der Waals surface area contributed by atoms with E-state index in [4.69, 9.17) is 9.84 Å². The van der Waals surface area contributed by atoms with Crippen LogP contribution in [0.15, 0.2) is 108 Å². The van der Waals surface area contributed by atoms with E-state index < -0.39 is 21.9 Å². The van der Waals surface area contributed by atoms with Gasteiger partial charge in [0.25, 0.3) is 15.9 Å². The molecule has 3 N–H and O–H groups in total. The Morgan fingerprint density at radius 1 is 0.750 bits per heavy atom. The maximum atomic E-state index is 13.0. The monoisotopic (exact) mass is 502 g/mol. The second-order valence-electron chi connectivity index (χ2n) is 7.78. The van der Waals surface area contributed by atoms with Crippen molar-refractivity contribution in [2.75, 3.05) is 10.0 Å². The first-order chi connectivity index (χ1) is 17.3. The minimum Gasteiger partial charge on any atom is -0.489 e. The van der Waals surface area contributed by atoms with Crippen LogP contribution in [0.2, 0.25) is 0 Å². The van der Waals surface area contributed by atoms with Crippen LogP contribution in [0.3, 0.4) is 0 Å². The minimum atomic E-state index is -4.01. The summed E-state index contributed by atoms with van der Waals surface area (Å²) in [7, 11) is -4.01. The molecule has 1 amide bonds. The van der Waals surface area contributed by atoms with Crippen molar-refractivity contribution in [2.45, 2.75) is 11.5 Å². The van der Waals surface area contributed by atoms with Gasteiger partial charge in [-0.1, -0.05) is 48.5 Å². The largest absolute Gasteiger partial charge is 0.489 e. The molecule has 0 spiro atoms. The number of amides is 1. The average molecular weight is 503 g/mol. The van der Waals surface area contributed by atoms with Crippen molar-refractivity contribution in [1.82, 2.24) is 0 Å². The number of carbonyl (C=O) groups is 2. The van der Waals surface area contributed by atoms with Crippen molar-refractivity contribution in [1.29, 1.82) is 0 Å². The van der Waals surface area contributed by atoms with Gasteiger partial charge in [-0.25, -0.2) is 13.2 Å². The van der Waals surface area contributed by atoms with Crippen LogP contribution in [0.25, 0.3) is 0 Å². The topological polar surface area (TPSA) is 122 Å². The van der Waals surface area contributed by atoms with E-state index in [1.807, 2.05) is 30.3 Å². The number of carboxylic acid groups (broad SMARTS) is 1. The van der Waals surface area contributed by atoms with Crippen LogP contribution in [-0.4, -0.2) is 25.4 Å². The van der Waals surface area contributed by atoms with E-state index in [0.717, 1.165) is 5.56 Å². The first-order valence-electron chi connectivity index (χ1n) is 10.8. The van der Waals surface area contributed by atoms with Gasteiger partial charge in [0, 0.05) is 17.3 Å². The van der Waals surface area contributed by atoms with Gasteiger partial charge in [-0.2, -0.15) is 0 Å². The van der Waals surface area contributed by atoms with Gasteiger partial charge in [0.1, 0.15) is 12.4 Å². The van der Waals surface area contributed by atoms with E-state index in [9.17, 15) is 18.0 Å². The number of benzene rings is 4. The second kappa shape index (κ2) is 10.7. The van der Waals surface area contributed by atoms with Gasteiger partial charge in [0.15, 0.2) is 0 Å². The fourth-order valence-corrected chi connectivity index (χ4v) is 4.44. The van der Waals surface area contributed by atoms with Crippen molar-refractivity contribution in [2.24, 2.45) is 0 Å². The standard InChI is InChI=1S/C27H22N2O6S/c30-26(28-22-11-4-10-21(15-22)27(31)32)20-9-5-14-25(16-20)36(33,34)29-23-12-6-13-24(17-23)35-18-19-7-2-1-3-8-19/h1-17,29H,18H2,(H,28,30)(H,31,32). The molecule has 0 saturated carbocycles. The molecule has 8 nitrogen and oxygen atoms in total. The van der Waals surface area contributed by atoms with Crippen LogP contribution >= 0.6 is 0 Å². The molecular weight excluding hydrogens is 480 g/mol. The highest BCUT2D eigenvalue weighted by Crippen LogP contribution is 2.23. The van der Waals surface area contributed by atoms with Gasteiger partial charge < -0.3 is 15.2 Å². The predicted octanol–water partition coefficient (Wildman–Crippen LogP) is 5.02. The van der Waals surface area contributed by atoms with E-state index in [1.54, 1.807) is 30.3 Å². The van der Waals surface area contributed by atoms with Crippen LogP contribution in [0.5, 0.6) is 5.75 Å². The number of carboxylic acids is 1. The Bertz CT molecular complexity index is 1500. The lowest BCUT2D eigenvalue weighted by Crippen LogP contribution is -2.16. The molecule has 0 bridgehead atoms. The summed E-state index contributed by atoms with van der Waals surface area (Å²) < 4.78 is 34.3. The summed E-state index contributed by atoms with van der Waals surface area (Å²) in [5, 5.41) is 11.7. The van der Waals surface area contributed by atoms with Crippen molar-refractivity contribution >= 4 is 33.3 Å². The Hall–Kier alpha value is -4.63. The number of anilines is 2. The Labute approximate surface area is 208 Å². The van der Waals surface area contributed by atoms with Crippen LogP contribution in [-0.2, 0) is 16.6 Å². The average Bonchev–Trinajstić information content (AvgIpc) is 2.88. The SMILES string of the molecule is O=C(O)c1cccc(NC(=O)c2cccc(S(=O)(=O)Nc3cccc(OCc4ccccc4)c3)c2)c1. The van der Waals surface area contributed by atoms with Crippen LogP contribution in [0.4, 0.5) is 11.4 Å². The van der Waals surface area contributed by atoms with Gasteiger partial charge in [-0.3, -0.25) is 9.52 Å². The molecule has 4 aromatic rings. The smallest absolute Gasteiger partial charge is 0.335 e. The highest BCUT2D eigenvalue weighted by molar-refractivity contribution is 7.92. The highest BCUT2D eigenvalue weighted by atomic mass is 32.2. The number of nitrogens with one attached hydrogen (secondary N) is 2. The van der Waals surface area contributed by atoms with Gasteiger partial charge >= 0.3 is 5.97 Å². The number of sulfonamides is 1. The molecule has 0 radical (unpaired) electrons. The second-order valence-corrected chi connectivity index (χ2v) is 9.46. The van der Waals surface area contributed by atoms with Crippen LogP contribution in [0, 0.1) is 0 Å². The van der Waals surface area contributed by atoms with E-state index in [2.05, 4.69) is 10.0 Å². The number of hydrogen-bond donors (Lipinski definition) is 3. The van der Waals surface area contributed by atoms with Gasteiger partial charge in [-0.05, 0) is 54.1 Å².